The molecule has 1 amide bonds. The van der Waals surface area contributed by atoms with Crippen molar-refractivity contribution in [3.63, 3.8) is 0 Å². The van der Waals surface area contributed by atoms with Gasteiger partial charge in [-0.25, -0.2) is 4.98 Å². The minimum absolute atomic E-state index is 0.121. The Labute approximate surface area is 188 Å². The molecule has 0 unspecified atom stereocenters. The molecule has 9 heteroatoms. The van der Waals surface area contributed by atoms with Gasteiger partial charge in [-0.05, 0) is 38.1 Å². The van der Waals surface area contributed by atoms with Gasteiger partial charge >= 0.3 is 0 Å². The summed E-state index contributed by atoms with van der Waals surface area (Å²) in [5.41, 5.74) is 3.45. The van der Waals surface area contributed by atoms with Crippen LogP contribution in [0.3, 0.4) is 0 Å². The number of hydrogen-bond acceptors (Lipinski definition) is 7. The Balaban J connectivity index is 1.46. The van der Waals surface area contributed by atoms with Crippen molar-refractivity contribution in [2.24, 2.45) is 0 Å². The number of benzene rings is 2. The fraction of sp³-hybridized carbons (Fsp3) is 0.182. The number of hydrogen-bond donors (Lipinski definition) is 1. The molecule has 0 aliphatic heterocycles. The molecule has 0 saturated heterocycles. The fourth-order valence-corrected chi connectivity index (χ4v) is 4.52. The summed E-state index contributed by atoms with van der Waals surface area (Å²) in [5.74, 6) is 1.51. The van der Waals surface area contributed by atoms with Crippen molar-refractivity contribution in [1.82, 2.24) is 19.7 Å². The number of anilines is 1. The first-order valence-electron chi connectivity index (χ1n) is 9.56. The van der Waals surface area contributed by atoms with Crippen molar-refractivity contribution in [3.8, 4) is 22.7 Å². The third-order valence-electron chi connectivity index (χ3n) is 4.51. The average molecular weight is 452 g/mol. The maximum Gasteiger partial charge on any atom is 0.234 e. The van der Waals surface area contributed by atoms with Gasteiger partial charge in [0.1, 0.15) is 11.6 Å². The summed E-state index contributed by atoms with van der Waals surface area (Å²) in [6, 6.07) is 15.3. The number of rotatable bonds is 7. The number of aromatic nitrogens is 4. The number of nitrogens with one attached hydrogen (secondary N) is 1. The Hall–Kier alpha value is -3.17. The average Bonchev–Trinajstić information content (AvgIpc) is 3.38. The summed E-state index contributed by atoms with van der Waals surface area (Å²) in [6.07, 6.45) is 0. The SMILES string of the molecule is COc1ccccc1-n1c(C)nnc1SCC(=O)Nc1cccc(-c2csc(C)n2)c1. The van der Waals surface area contributed by atoms with Crippen LogP contribution in [0.1, 0.15) is 10.8 Å². The molecule has 0 aliphatic rings. The van der Waals surface area contributed by atoms with Crippen molar-refractivity contribution < 1.29 is 9.53 Å². The summed E-state index contributed by atoms with van der Waals surface area (Å²) in [7, 11) is 1.62. The lowest BCUT2D eigenvalue weighted by atomic mass is 10.1. The highest BCUT2D eigenvalue weighted by molar-refractivity contribution is 7.99. The molecule has 7 nitrogen and oxygen atoms in total. The summed E-state index contributed by atoms with van der Waals surface area (Å²) < 4.78 is 7.35. The van der Waals surface area contributed by atoms with Gasteiger partial charge in [-0.3, -0.25) is 9.36 Å². The molecule has 4 aromatic rings. The van der Waals surface area contributed by atoms with E-state index in [-0.39, 0.29) is 11.7 Å². The number of thioether (sulfide) groups is 1. The van der Waals surface area contributed by atoms with E-state index in [1.807, 2.05) is 72.3 Å². The number of methoxy groups -OCH3 is 1. The van der Waals surface area contributed by atoms with Gasteiger partial charge in [0.05, 0.1) is 29.3 Å². The zero-order valence-corrected chi connectivity index (χ0v) is 19.0. The third kappa shape index (κ3) is 4.78. The van der Waals surface area contributed by atoms with E-state index in [0.717, 1.165) is 33.5 Å². The van der Waals surface area contributed by atoms with Gasteiger partial charge in [0.2, 0.25) is 5.91 Å². The van der Waals surface area contributed by atoms with Crippen molar-refractivity contribution in [2.45, 2.75) is 19.0 Å². The Morgan fingerprint density at radius 2 is 2.00 bits per heavy atom. The van der Waals surface area contributed by atoms with E-state index in [1.165, 1.54) is 11.8 Å². The van der Waals surface area contributed by atoms with E-state index in [1.54, 1.807) is 18.4 Å². The smallest absolute Gasteiger partial charge is 0.234 e. The number of ether oxygens (including phenoxy) is 1. The number of aryl methyl sites for hydroxylation is 2. The van der Waals surface area contributed by atoms with Crippen LogP contribution in [0.2, 0.25) is 0 Å². The molecule has 0 radical (unpaired) electrons. The van der Waals surface area contributed by atoms with E-state index in [0.29, 0.717) is 10.9 Å². The predicted molar refractivity (Wildman–Crippen MR) is 124 cm³/mol. The van der Waals surface area contributed by atoms with Crippen LogP contribution in [-0.2, 0) is 4.79 Å². The van der Waals surface area contributed by atoms with E-state index < -0.39 is 0 Å². The molecular formula is C22H21N5O2S2. The molecule has 0 aliphatic carbocycles. The number of thiazole rings is 1. The number of carbonyl (C=O) groups is 1. The van der Waals surface area contributed by atoms with Crippen molar-refractivity contribution in [1.29, 1.82) is 0 Å². The van der Waals surface area contributed by atoms with Crippen molar-refractivity contribution in [3.05, 3.63) is 64.7 Å². The van der Waals surface area contributed by atoms with Crippen LogP contribution in [0.5, 0.6) is 5.75 Å². The molecule has 1 N–H and O–H groups in total. The molecule has 2 aromatic heterocycles. The van der Waals surface area contributed by atoms with Crippen LogP contribution < -0.4 is 10.1 Å². The normalized spacial score (nSPS) is 10.8. The third-order valence-corrected chi connectivity index (χ3v) is 6.22. The van der Waals surface area contributed by atoms with Crippen LogP contribution in [0.25, 0.3) is 16.9 Å². The second-order valence-corrected chi connectivity index (χ2v) is 8.71. The van der Waals surface area contributed by atoms with Gasteiger partial charge in [-0.1, -0.05) is 36.0 Å². The second kappa shape index (κ2) is 9.32. The Morgan fingerprint density at radius 1 is 1.16 bits per heavy atom. The lowest BCUT2D eigenvalue weighted by Gasteiger charge is -2.12. The van der Waals surface area contributed by atoms with Gasteiger partial charge in [-0.15, -0.1) is 21.5 Å². The van der Waals surface area contributed by atoms with Gasteiger partial charge in [-0.2, -0.15) is 0 Å². The second-order valence-electron chi connectivity index (χ2n) is 6.71. The van der Waals surface area contributed by atoms with E-state index in [2.05, 4.69) is 20.5 Å². The minimum atomic E-state index is -0.121. The summed E-state index contributed by atoms with van der Waals surface area (Å²) in [6.45, 7) is 3.85. The maximum atomic E-state index is 12.6. The zero-order chi connectivity index (χ0) is 21.8. The van der Waals surface area contributed by atoms with Crippen molar-refractivity contribution >= 4 is 34.7 Å². The molecule has 0 atom stereocenters. The minimum Gasteiger partial charge on any atom is -0.495 e. The highest BCUT2D eigenvalue weighted by Gasteiger charge is 2.16. The van der Waals surface area contributed by atoms with Crippen LogP contribution in [0.4, 0.5) is 5.69 Å². The lowest BCUT2D eigenvalue weighted by molar-refractivity contribution is -0.113. The number of para-hydroxylation sites is 2. The number of nitrogens with zero attached hydrogens (tertiary/aromatic N) is 4. The van der Waals surface area contributed by atoms with Crippen LogP contribution >= 0.6 is 23.1 Å². The van der Waals surface area contributed by atoms with Gasteiger partial charge in [0.25, 0.3) is 0 Å². The highest BCUT2D eigenvalue weighted by Crippen LogP contribution is 2.29. The molecule has 0 fully saturated rings. The predicted octanol–water partition coefficient (Wildman–Crippen LogP) is 4.75. The van der Waals surface area contributed by atoms with E-state index in [9.17, 15) is 4.79 Å². The highest BCUT2D eigenvalue weighted by atomic mass is 32.2. The first-order chi connectivity index (χ1) is 15.0. The van der Waals surface area contributed by atoms with E-state index in [4.69, 9.17) is 4.74 Å². The first-order valence-corrected chi connectivity index (χ1v) is 11.4. The standard InChI is InChI=1S/C22H21N5O2S2/c1-14-25-26-22(27(14)19-9-4-5-10-20(19)29-3)31-13-21(28)24-17-8-6-7-16(11-17)18-12-30-15(2)23-18/h4-12H,13H2,1-3H3,(H,24,28). The first kappa shape index (κ1) is 21.1. The summed E-state index contributed by atoms with van der Waals surface area (Å²) in [5, 5.41) is 15.0. The molecule has 158 valence electrons. The summed E-state index contributed by atoms with van der Waals surface area (Å²) in [4.78, 5) is 17.1. The molecule has 0 spiro atoms. The topological polar surface area (TPSA) is 81.9 Å². The molecule has 2 aromatic carbocycles. The summed E-state index contributed by atoms with van der Waals surface area (Å²) >= 11 is 2.93. The van der Waals surface area contributed by atoms with Gasteiger partial charge in [0.15, 0.2) is 5.16 Å². The molecule has 0 saturated carbocycles. The van der Waals surface area contributed by atoms with Gasteiger partial charge in [0, 0.05) is 16.6 Å². The lowest BCUT2D eigenvalue weighted by Crippen LogP contribution is -2.14. The molecule has 4 rings (SSSR count). The Bertz CT molecular complexity index is 1220. The Kier molecular flexibility index (Phi) is 6.34. The van der Waals surface area contributed by atoms with E-state index >= 15 is 0 Å². The largest absolute Gasteiger partial charge is 0.495 e. The van der Waals surface area contributed by atoms with Crippen LogP contribution in [-0.4, -0.2) is 38.5 Å². The quantitative estimate of drug-likeness (QED) is 0.409. The van der Waals surface area contributed by atoms with Gasteiger partial charge < -0.3 is 10.1 Å². The fourth-order valence-electron chi connectivity index (χ4n) is 3.11. The Morgan fingerprint density at radius 3 is 2.77 bits per heavy atom. The monoisotopic (exact) mass is 451 g/mol. The van der Waals surface area contributed by atoms with Crippen molar-refractivity contribution in [2.75, 3.05) is 18.2 Å². The van der Waals surface area contributed by atoms with Crippen LogP contribution in [0, 0.1) is 13.8 Å². The molecule has 2 heterocycles. The maximum absolute atomic E-state index is 12.6. The number of amides is 1. The molecule has 31 heavy (non-hydrogen) atoms. The zero-order valence-electron chi connectivity index (χ0n) is 17.3. The van der Waals surface area contributed by atoms with Crippen LogP contribution in [0.15, 0.2) is 59.1 Å². The molecular weight excluding hydrogens is 430 g/mol. The molecule has 0 bridgehead atoms. The number of carbonyl (C=O) groups excluding carboxylic acids is 1.